The summed E-state index contributed by atoms with van der Waals surface area (Å²) >= 11 is 5.14. The molecule has 0 saturated heterocycles. The van der Waals surface area contributed by atoms with Crippen molar-refractivity contribution in [3.05, 3.63) is 78.9 Å². The van der Waals surface area contributed by atoms with E-state index in [-0.39, 0.29) is 35.7 Å². The molecule has 6 rings (SSSR count). The molecule has 1 saturated carbocycles. The molecular formula is C29H28FN7O4S2. The van der Waals surface area contributed by atoms with E-state index >= 15 is 0 Å². The maximum Gasteiger partial charge on any atom is 0.301 e. The van der Waals surface area contributed by atoms with E-state index in [1.165, 1.54) is 33.6 Å². The van der Waals surface area contributed by atoms with Gasteiger partial charge < -0.3 is 20.0 Å². The third kappa shape index (κ3) is 6.15. The van der Waals surface area contributed by atoms with Gasteiger partial charge in [0.25, 0.3) is 0 Å². The highest BCUT2D eigenvalue weighted by atomic mass is 32.2. The second-order valence-electron chi connectivity index (χ2n) is 10.3. The van der Waals surface area contributed by atoms with Gasteiger partial charge in [0, 0.05) is 54.8 Å². The molecule has 222 valence electrons. The number of sulfonamides is 1. The Morgan fingerprint density at radius 3 is 2.72 bits per heavy atom. The monoisotopic (exact) mass is 621 g/mol. The number of nitrogens with one attached hydrogen (secondary N) is 1. The molecule has 0 aliphatic heterocycles. The minimum absolute atomic E-state index is 0.0629. The van der Waals surface area contributed by atoms with Crippen LogP contribution in [0.3, 0.4) is 0 Å². The molecule has 0 atom stereocenters. The van der Waals surface area contributed by atoms with Crippen LogP contribution in [-0.2, 0) is 14.9 Å². The van der Waals surface area contributed by atoms with Crippen molar-refractivity contribution in [3.63, 3.8) is 0 Å². The topological polar surface area (TPSA) is 145 Å². The number of amidine groups is 1. The maximum absolute atomic E-state index is 13.7. The fourth-order valence-electron chi connectivity index (χ4n) is 4.95. The van der Waals surface area contributed by atoms with Crippen LogP contribution in [0, 0.1) is 5.82 Å². The first-order valence-electron chi connectivity index (χ1n) is 13.5. The van der Waals surface area contributed by atoms with Gasteiger partial charge in [0.05, 0.1) is 17.5 Å². The fourth-order valence-corrected chi connectivity index (χ4v) is 6.08. The van der Waals surface area contributed by atoms with Crippen molar-refractivity contribution in [3.8, 4) is 22.7 Å². The molecule has 5 aromatic rings. The zero-order valence-corrected chi connectivity index (χ0v) is 24.7. The average molecular weight is 622 g/mol. The zero-order valence-electron chi connectivity index (χ0n) is 23.1. The van der Waals surface area contributed by atoms with Crippen LogP contribution in [0.15, 0.2) is 77.1 Å². The number of halogens is 1. The van der Waals surface area contributed by atoms with Crippen molar-refractivity contribution >= 4 is 49.9 Å². The van der Waals surface area contributed by atoms with E-state index in [0.717, 1.165) is 29.4 Å². The number of fused-ring (bicyclic) bond motifs is 1. The van der Waals surface area contributed by atoms with Crippen LogP contribution in [0.25, 0.3) is 33.7 Å². The molecule has 1 aliphatic rings. The summed E-state index contributed by atoms with van der Waals surface area (Å²) in [5, 5.41) is 4.72. The molecule has 0 unspecified atom stereocenters. The van der Waals surface area contributed by atoms with Crippen molar-refractivity contribution in [1.29, 1.82) is 0 Å². The number of nitrogens with zero attached hydrogens (tertiary/aromatic N) is 5. The number of anilines is 1. The van der Waals surface area contributed by atoms with Crippen molar-refractivity contribution in [2.75, 3.05) is 17.1 Å². The summed E-state index contributed by atoms with van der Waals surface area (Å²) in [5.74, 6) is 1.12. The first-order chi connectivity index (χ1) is 20.7. The normalized spacial score (nSPS) is 13.9. The molecule has 3 heterocycles. The van der Waals surface area contributed by atoms with E-state index in [0.29, 0.717) is 34.8 Å². The smallest absolute Gasteiger partial charge is 0.301 e. The lowest BCUT2D eigenvalue weighted by Crippen LogP contribution is -2.32. The first kappa shape index (κ1) is 28.6. The van der Waals surface area contributed by atoms with Gasteiger partial charge in [-0.1, -0.05) is 5.16 Å². The number of oxime groups is 1. The number of furan rings is 1. The Bertz CT molecular complexity index is 1900. The second-order valence-corrected chi connectivity index (χ2v) is 12.5. The Labute approximate surface area is 252 Å². The number of hydrogen-bond acceptors (Lipinski definition) is 8. The van der Waals surface area contributed by atoms with E-state index in [2.05, 4.69) is 20.1 Å². The SMILES string of the molecule is CS(=O)(=O)N(CCC/C(N)=N/OC(=S)n1ccnc1)c1cc2oc(-c3ccc(F)cc3)c(-c3ncc[nH]3)c2cc1C1CC1. The summed E-state index contributed by atoms with van der Waals surface area (Å²) < 4.78 is 49.2. The summed E-state index contributed by atoms with van der Waals surface area (Å²) in [5.41, 5.74) is 9.37. The van der Waals surface area contributed by atoms with Gasteiger partial charge in [0.15, 0.2) is 0 Å². The number of benzene rings is 2. The molecule has 0 bridgehead atoms. The summed E-state index contributed by atoms with van der Waals surface area (Å²) in [6, 6.07) is 9.78. The van der Waals surface area contributed by atoms with Crippen molar-refractivity contribution in [2.45, 2.75) is 31.6 Å². The van der Waals surface area contributed by atoms with Crippen LogP contribution in [0.1, 0.15) is 37.2 Å². The summed E-state index contributed by atoms with van der Waals surface area (Å²) in [7, 11) is -3.68. The highest BCUT2D eigenvalue weighted by molar-refractivity contribution is 7.92. The first-order valence-corrected chi connectivity index (χ1v) is 15.8. The van der Waals surface area contributed by atoms with Crippen LogP contribution in [-0.4, -0.2) is 51.7 Å². The van der Waals surface area contributed by atoms with Crippen LogP contribution < -0.4 is 10.0 Å². The van der Waals surface area contributed by atoms with Crippen molar-refractivity contribution in [1.82, 2.24) is 19.5 Å². The van der Waals surface area contributed by atoms with Gasteiger partial charge in [-0.3, -0.25) is 8.87 Å². The average Bonchev–Trinajstić information content (AvgIpc) is 3.33. The molecule has 1 fully saturated rings. The minimum atomic E-state index is -3.68. The third-order valence-corrected chi connectivity index (χ3v) is 8.58. The number of aromatic nitrogens is 4. The van der Waals surface area contributed by atoms with Crippen molar-refractivity contribution < 1.29 is 22.1 Å². The highest BCUT2D eigenvalue weighted by Crippen LogP contribution is 2.49. The van der Waals surface area contributed by atoms with E-state index in [1.54, 1.807) is 43.0 Å². The van der Waals surface area contributed by atoms with Gasteiger partial charge in [-0.2, -0.15) is 0 Å². The van der Waals surface area contributed by atoms with Gasteiger partial charge in [0.2, 0.25) is 10.0 Å². The Morgan fingerprint density at radius 2 is 2.07 bits per heavy atom. The summed E-state index contributed by atoms with van der Waals surface area (Å²) in [6.45, 7) is 0.156. The van der Waals surface area contributed by atoms with Crippen LogP contribution in [0.2, 0.25) is 0 Å². The molecular weight excluding hydrogens is 593 g/mol. The number of rotatable bonds is 10. The van der Waals surface area contributed by atoms with Gasteiger partial charge in [0.1, 0.15) is 35.1 Å². The molecule has 3 N–H and O–H groups in total. The Morgan fingerprint density at radius 1 is 1.28 bits per heavy atom. The predicted molar refractivity (Wildman–Crippen MR) is 166 cm³/mol. The lowest BCUT2D eigenvalue weighted by molar-refractivity contribution is 0.321. The quantitative estimate of drug-likeness (QED) is 0.0917. The second kappa shape index (κ2) is 11.6. The minimum Gasteiger partial charge on any atom is -0.455 e. The Hall–Kier alpha value is -4.56. The summed E-state index contributed by atoms with van der Waals surface area (Å²) in [6.07, 6.45) is 11.7. The van der Waals surface area contributed by atoms with Crippen LogP contribution in [0.5, 0.6) is 0 Å². The van der Waals surface area contributed by atoms with Gasteiger partial charge >= 0.3 is 5.17 Å². The molecule has 3 aromatic heterocycles. The zero-order chi connectivity index (χ0) is 30.1. The number of nitrogens with two attached hydrogens (primary N) is 1. The number of H-pyrrole nitrogens is 1. The molecule has 0 spiro atoms. The van der Waals surface area contributed by atoms with Crippen LogP contribution >= 0.6 is 12.2 Å². The van der Waals surface area contributed by atoms with Gasteiger partial charge in [-0.05, 0) is 73.3 Å². The van der Waals surface area contributed by atoms with Gasteiger partial charge in [-0.25, -0.2) is 22.8 Å². The molecule has 0 radical (unpaired) electrons. The molecule has 0 amide bonds. The number of hydrogen-bond donors (Lipinski definition) is 2. The van der Waals surface area contributed by atoms with Gasteiger partial charge in [-0.15, -0.1) is 0 Å². The standard InChI is InChI=1S/C29H28FN7O4S2/c1-43(38,39)37(13-2-3-25(31)35-41-29(42)36-14-12-32-17-36)23-16-24-22(15-21(23)18-4-5-18)26(28-33-10-11-34-28)27(40-24)19-6-8-20(30)9-7-19/h6-12,14-18H,2-5,13H2,1H3,(H2,31,35)(H,33,34). The lowest BCUT2D eigenvalue weighted by atomic mass is 10.0. The number of aromatic amines is 1. The third-order valence-electron chi connectivity index (χ3n) is 7.12. The van der Waals surface area contributed by atoms with E-state index in [1.807, 2.05) is 6.07 Å². The molecule has 1 aliphatic carbocycles. The highest BCUT2D eigenvalue weighted by Gasteiger charge is 2.32. The molecule has 2 aromatic carbocycles. The molecule has 14 heteroatoms. The van der Waals surface area contributed by atoms with Crippen molar-refractivity contribution in [2.24, 2.45) is 10.9 Å². The largest absolute Gasteiger partial charge is 0.455 e. The van der Waals surface area contributed by atoms with Crippen LogP contribution in [0.4, 0.5) is 10.1 Å². The molecule has 11 nitrogen and oxygen atoms in total. The lowest BCUT2D eigenvalue weighted by Gasteiger charge is -2.25. The maximum atomic E-state index is 13.7. The molecule has 43 heavy (non-hydrogen) atoms. The van der Waals surface area contributed by atoms with E-state index in [9.17, 15) is 12.8 Å². The van der Waals surface area contributed by atoms with E-state index < -0.39 is 10.0 Å². The fraction of sp³-hybridized carbons (Fsp3) is 0.241. The summed E-state index contributed by atoms with van der Waals surface area (Å²) in [4.78, 5) is 16.7. The number of thiocarbonyl (C=S) groups is 1. The predicted octanol–water partition coefficient (Wildman–Crippen LogP) is 5.37. The Balaban J connectivity index is 1.33. The number of imidazole rings is 2. The van der Waals surface area contributed by atoms with E-state index in [4.69, 9.17) is 27.2 Å². The Kier molecular flexibility index (Phi) is 7.71.